The summed E-state index contributed by atoms with van der Waals surface area (Å²) in [5.74, 6) is -0.557. The van der Waals surface area contributed by atoms with Gasteiger partial charge in [0.25, 0.3) is 5.91 Å². The minimum atomic E-state index is -3.10. The molecule has 152 valence electrons. The molecule has 29 heavy (non-hydrogen) atoms. The lowest BCUT2D eigenvalue weighted by atomic mass is 10.1. The number of thioether (sulfide) groups is 1. The van der Waals surface area contributed by atoms with Crippen LogP contribution < -0.4 is 0 Å². The Hall–Kier alpha value is -1.90. The van der Waals surface area contributed by atoms with E-state index in [1.165, 1.54) is 23.9 Å². The van der Waals surface area contributed by atoms with Crippen molar-refractivity contribution in [3.8, 4) is 0 Å². The first-order valence-corrected chi connectivity index (χ1v) is 12.1. The van der Waals surface area contributed by atoms with Crippen molar-refractivity contribution >= 4 is 44.3 Å². The standard InChI is InChI=1S/C20H18ClFN2O3S2/c21-15-5-1-14(2-6-15)10-24-17-11-29(26,27)12-18(17)28-20(24)23-19(25)9-13-3-7-16(22)8-4-13/h1-8,17-18H,9-12H2/t17-,18-/m1/s1. The summed E-state index contributed by atoms with van der Waals surface area (Å²) in [4.78, 5) is 18.7. The van der Waals surface area contributed by atoms with Crippen molar-refractivity contribution in [2.75, 3.05) is 11.5 Å². The largest absolute Gasteiger partial charge is 0.342 e. The summed E-state index contributed by atoms with van der Waals surface area (Å²) in [5.41, 5.74) is 1.63. The van der Waals surface area contributed by atoms with Crippen LogP contribution in [0, 0.1) is 5.82 Å². The quantitative estimate of drug-likeness (QED) is 0.712. The molecule has 9 heteroatoms. The molecule has 5 nitrogen and oxygen atoms in total. The zero-order valence-corrected chi connectivity index (χ0v) is 17.7. The van der Waals surface area contributed by atoms with Crippen LogP contribution >= 0.6 is 23.4 Å². The third-order valence-electron chi connectivity index (χ3n) is 4.93. The fraction of sp³-hybridized carbons (Fsp3) is 0.300. The van der Waals surface area contributed by atoms with Crippen molar-refractivity contribution in [3.05, 3.63) is 70.5 Å². The van der Waals surface area contributed by atoms with Crippen LogP contribution in [0.1, 0.15) is 11.1 Å². The number of amidine groups is 1. The molecule has 0 aromatic heterocycles. The van der Waals surface area contributed by atoms with Gasteiger partial charge in [0.15, 0.2) is 15.0 Å². The molecule has 2 aliphatic rings. The fourth-order valence-corrected chi connectivity index (χ4v) is 7.62. The Labute approximate surface area is 177 Å². The first kappa shape index (κ1) is 20.4. The molecule has 2 fully saturated rings. The number of aliphatic imine (C=N–C) groups is 1. The number of halogens is 2. The Kier molecular flexibility index (Phi) is 5.68. The predicted octanol–water partition coefficient (Wildman–Crippen LogP) is 3.32. The van der Waals surface area contributed by atoms with Crippen LogP contribution in [0.15, 0.2) is 53.5 Å². The lowest BCUT2D eigenvalue weighted by molar-refractivity contribution is -0.117. The number of fused-ring (bicyclic) bond motifs is 1. The Morgan fingerprint density at radius 3 is 2.45 bits per heavy atom. The highest BCUT2D eigenvalue weighted by Gasteiger charge is 2.48. The number of carbonyl (C=O) groups is 1. The number of hydrogen-bond acceptors (Lipinski definition) is 4. The summed E-state index contributed by atoms with van der Waals surface area (Å²) in [7, 11) is -3.10. The van der Waals surface area contributed by atoms with E-state index in [1.807, 2.05) is 17.0 Å². The first-order chi connectivity index (χ1) is 13.8. The van der Waals surface area contributed by atoms with E-state index in [0.717, 1.165) is 5.56 Å². The lowest BCUT2D eigenvalue weighted by Gasteiger charge is -2.24. The van der Waals surface area contributed by atoms with Crippen LogP contribution in [0.2, 0.25) is 5.02 Å². The number of rotatable bonds is 4. The van der Waals surface area contributed by atoms with E-state index in [2.05, 4.69) is 4.99 Å². The van der Waals surface area contributed by atoms with E-state index >= 15 is 0 Å². The molecular formula is C20H18ClFN2O3S2. The van der Waals surface area contributed by atoms with Crippen molar-refractivity contribution in [2.45, 2.75) is 24.3 Å². The van der Waals surface area contributed by atoms with Gasteiger partial charge in [0.2, 0.25) is 0 Å². The molecular weight excluding hydrogens is 435 g/mol. The molecule has 0 N–H and O–H groups in total. The van der Waals surface area contributed by atoms with Gasteiger partial charge < -0.3 is 4.90 Å². The Bertz CT molecular complexity index is 1060. The van der Waals surface area contributed by atoms with E-state index in [4.69, 9.17) is 11.6 Å². The summed E-state index contributed by atoms with van der Waals surface area (Å²) in [6.07, 6.45) is 0.0623. The lowest BCUT2D eigenvalue weighted by Crippen LogP contribution is -2.37. The summed E-state index contributed by atoms with van der Waals surface area (Å²) in [6.45, 7) is 0.448. The van der Waals surface area contributed by atoms with Gasteiger partial charge in [0.1, 0.15) is 5.82 Å². The van der Waals surface area contributed by atoms with Crippen LogP contribution in [0.3, 0.4) is 0 Å². The summed E-state index contributed by atoms with van der Waals surface area (Å²) < 4.78 is 37.2. The van der Waals surface area contributed by atoms with Crippen LogP contribution in [0.5, 0.6) is 0 Å². The van der Waals surface area contributed by atoms with Crippen LogP contribution in [-0.4, -0.2) is 47.2 Å². The summed E-state index contributed by atoms with van der Waals surface area (Å²) in [5, 5.41) is 1.02. The van der Waals surface area contributed by atoms with E-state index < -0.39 is 9.84 Å². The van der Waals surface area contributed by atoms with Gasteiger partial charge in [-0.3, -0.25) is 4.79 Å². The second-order valence-corrected chi connectivity index (χ2v) is 10.9. The second-order valence-electron chi connectivity index (χ2n) is 7.15. The molecule has 2 atom stereocenters. The van der Waals surface area contributed by atoms with Gasteiger partial charge in [-0.2, -0.15) is 4.99 Å². The molecule has 4 rings (SSSR count). The van der Waals surface area contributed by atoms with Gasteiger partial charge in [-0.25, -0.2) is 12.8 Å². The molecule has 2 aromatic carbocycles. The average molecular weight is 453 g/mol. The molecule has 0 radical (unpaired) electrons. The van der Waals surface area contributed by atoms with Gasteiger partial charge >= 0.3 is 0 Å². The number of benzene rings is 2. The van der Waals surface area contributed by atoms with Gasteiger partial charge in [-0.05, 0) is 35.4 Å². The highest BCUT2D eigenvalue weighted by molar-refractivity contribution is 8.15. The molecule has 2 aliphatic heterocycles. The highest BCUT2D eigenvalue weighted by atomic mass is 35.5. The van der Waals surface area contributed by atoms with Gasteiger partial charge in [-0.1, -0.05) is 47.6 Å². The molecule has 1 amide bonds. The maximum Gasteiger partial charge on any atom is 0.252 e. The van der Waals surface area contributed by atoms with Crippen molar-refractivity contribution < 1.29 is 17.6 Å². The SMILES string of the molecule is O=C(Cc1ccc(F)cc1)N=C1S[C@@H]2CS(=O)(=O)C[C@H]2N1Cc1ccc(Cl)cc1. The van der Waals surface area contributed by atoms with Crippen molar-refractivity contribution in [1.82, 2.24) is 4.90 Å². The summed E-state index contributed by atoms with van der Waals surface area (Å²) >= 11 is 7.30. The van der Waals surface area contributed by atoms with E-state index in [0.29, 0.717) is 22.3 Å². The number of amides is 1. The molecule has 0 aliphatic carbocycles. The first-order valence-electron chi connectivity index (χ1n) is 9.03. The Morgan fingerprint density at radius 1 is 1.10 bits per heavy atom. The normalized spacial score (nSPS) is 24.1. The highest BCUT2D eigenvalue weighted by Crippen LogP contribution is 2.39. The number of sulfone groups is 1. The Morgan fingerprint density at radius 2 is 1.76 bits per heavy atom. The zero-order valence-electron chi connectivity index (χ0n) is 15.3. The molecule has 0 unspecified atom stereocenters. The summed E-state index contributed by atoms with van der Waals surface area (Å²) in [6, 6.07) is 12.8. The number of carbonyl (C=O) groups excluding carboxylic acids is 1. The zero-order chi connectivity index (χ0) is 20.6. The topological polar surface area (TPSA) is 66.8 Å². The van der Waals surface area contributed by atoms with E-state index in [-0.39, 0.29) is 40.9 Å². The average Bonchev–Trinajstić information content (AvgIpc) is 3.11. The number of nitrogens with zero attached hydrogens (tertiary/aromatic N) is 2. The predicted molar refractivity (Wildman–Crippen MR) is 113 cm³/mol. The van der Waals surface area contributed by atoms with Crippen molar-refractivity contribution in [2.24, 2.45) is 4.99 Å². The van der Waals surface area contributed by atoms with Gasteiger partial charge in [0, 0.05) is 16.8 Å². The molecule has 0 saturated carbocycles. The van der Waals surface area contributed by atoms with Crippen molar-refractivity contribution in [3.63, 3.8) is 0 Å². The van der Waals surface area contributed by atoms with Crippen molar-refractivity contribution in [1.29, 1.82) is 0 Å². The van der Waals surface area contributed by atoms with Crippen LogP contribution in [0.25, 0.3) is 0 Å². The fourth-order valence-electron chi connectivity index (χ4n) is 3.53. The molecule has 2 aromatic rings. The van der Waals surface area contributed by atoms with Crippen LogP contribution in [-0.2, 0) is 27.6 Å². The molecule has 2 saturated heterocycles. The third kappa shape index (κ3) is 4.82. The minimum absolute atomic E-state index is 0.0590. The molecule has 0 bridgehead atoms. The third-order valence-corrected chi connectivity index (χ3v) is 8.43. The smallest absolute Gasteiger partial charge is 0.252 e. The van der Waals surface area contributed by atoms with Gasteiger partial charge in [0.05, 0.1) is 24.0 Å². The monoisotopic (exact) mass is 452 g/mol. The maximum atomic E-state index is 13.0. The maximum absolute atomic E-state index is 13.0. The molecule has 0 spiro atoms. The van der Waals surface area contributed by atoms with E-state index in [1.54, 1.807) is 24.3 Å². The Balaban J connectivity index is 1.56. The van der Waals surface area contributed by atoms with E-state index in [9.17, 15) is 17.6 Å². The minimum Gasteiger partial charge on any atom is -0.342 e. The number of hydrogen-bond donors (Lipinski definition) is 0. The van der Waals surface area contributed by atoms with Crippen LogP contribution in [0.4, 0.5) is 4.39 Å². The molecule has 2 heterocycles. The van der Waals surface area contributed by atoms with Gasteiger partial charge in [-0.15, -0.1) is 0 Å². The second kappa shape index (κ2) is 8.08.